The molecule has 0 unspecified atom stereocenters. The van der Waals surface area contributed by atoms with Gasteiger partial charge in [0.25, 0.3) is 0 Å². The minimum atomic E-state index is -0.403. The molecule has 140 valence electrons. The van der Waals surface area contributed by atoms with Gasteiger partial charge in [0.15, 0.2) is 0 Å². The van der Waals surface area contributed by atoms with E-state index in [1.807, 2.05) is 18.5 Å². The summed E-state index contributed by atoms with van der Waals surface area (Å²) in [5.41, 5.74) is 5.10. The Morgan fingerprint density at radius 2 is 1.74 bits per heavy atom. The van der Waals surface area contributed by atoms with Crippen molar-refractivity contribution in [1.29, 1.82) is 0 Å². The van der Waals surface area contributed by atoms with Crippen molar-refractivity contribution < 1.29 is 4.79 Å². The van der Waals surface area contributed by atoms with E-state index in [1.165, 1.54) is 5.56 Å². The van der Waals surface area contributed by atoms with Gasteiger partial charge in [0, 0.05) is 0 Å². The summed E-state index contributed by atoms with van der Waals surface area (Å²) in [6, 6.07) is 13.0. The summed E-state index contributed by atoms with van der Waals surface area (Å²) in [4.78, 5) is 12.4. The molecule has 7 heteroatoms. The van der Waals surface area contributed by atoms with Gasteiger partial charge in [0.05, 0.1) is 39.4 Å². The van der Waals surface area contributed by atoms with Crippen LogP contribution >= 0.6 is 23.2 Å². The first-order valence-electron chi connectivity index (χ1n) is 8.46. The highest BCUT2D eigenvalue weighted by atomic mass is 35.5. The molecule has 0 aliphatic heterocycles. The minimum Gasteiger partial charge on any atom is -0.306 e. The Hall–Kier alpha value is -2.50. The van der Waals surface area contributed by atoms with Crippen molar-refractivity contribution in [2.75, 3.05) is 10.6 Å². The van der Waals surface area contributed by atoms with Gasteiger partial charge in [-0.1, -0.05) is 59.1 Å². The monoisotopic (exact) mass is 402 g/mol. The van der Waals surface area contributed by atoms with Crippen molar-refractivity contribution in [3.05, 3.63) is 75.0 Å². The third kappa shape index (κ3) is 4.43. The third-order valence-electron chi connectivity index (χ3n) is 4.27. The van der Waals surface area contributed by atoms with Gasteiger partial charge in [-0.3, -0.25) is 4.68 Å². The molecule has 0 bridgehead atoms. The molecule has 0 radical (unpaired) electrons. The fourth-order valence-corrected chi connectivity index (χ4v) is 3.11. The van der Waals surface area contributed by atoms with Crippen LogP contribution in [-0.4, -0.2) is 15.8 Å². The molecular weight excluding hydrogens is 383 g/mol. The lowest BCUT2D eigenvalue weighted by Crippen LogP contribution is -2.20. The van der Waals surface area contributed by atoms with Gasteiger partial charge in [-0.05, 0) is 38.5 Å². The smallest absolute Gasteiger partial charge is 0.306 e. The van der Waals surface area contributed by atoms with Crippen LogP contribution in [0.25, 0.3) is 0 Å². The number of carbonyl (C=O) groups excluding carboxylic acids is 1. The Morgan fingerprint density at radius 3 is 2.44 bits per heavy atom. The Balaban J connectivity index is 1.75. The average molecular weight is 403 g/mol. The Kier molecular flexibility index (Phi) is 5.73. The van der Waals surface area contributed by atoms with Gasteiger partial charge < -0.3 is 10.6 Å². The molecule has 0 atom stereocenters. The molecule has 1 heterocycles. The van der Waals surface area contributed by atoms with E-state index in [0.29, 0.717) is 28.0 Å². The van der Waals surface area contributed by atoms with Gasteiger partial charge in [-0.15, -0.1) is 0 Å². The van der Waals surface area contributed by atoms with Crippen LogP contribution in [0.5, 0.6) is 0 Å². The maximum atomic E-state index is 12.4. The maximum absolute atomic E-state index is 12.4. The second-order valence-electron chi connectivity index (χ2n) is 6.37. The lowest BCUT2D eigenvalue weighted by molar-refractivity contribution is 0.262. The van der Waals surface area contributed by atoms with Crippen LogP contribution in [0.15, 0.2) is 42.5 Å². The van der Waals surface area contributed by atoms with Crippen molar-refractivity contribution in [3.63, 3.8) is 0 Å². The van der Waals surface area contributed by atoms with Crippen LogP contribution in [0.2, 0.25) is 10.0 Å². The fraction of sp³-hybridized carbons (Fsp3) is 0.200. The van der Waals surface area contributed by atoms with E-state index in [0.717, 1.165) is 17.0 Å². The molecule has 0 spiro atoms. The molecule has 27 heavy (non-hydrogen) atoms. The van der Waals surface area contributed by atoms with Crippen molar-refractivity contribution in [2.45, 2.75) is 27.3 Å². The number of benzene rings is 2. The van der Waals surface area contributed by atoms with E-state index in [4.69, 9.17) is 23.2 Å². The van der Waals surface area contributed by atoms with E-state index >= 15 is 0 Å². The van der Waals surface area contributed by atoms with E-state index in [-0.39, 0.29) is 0 Å². The van der Waals surface area contributed by atoms with Crippen molar-refractivity contribution in [1.82, 2.24) is 9.78 Å². The molecule has 2 amide bonds. The molecule has 0 aliphatic carbocycles. The highest BCUT2D eigenvalue weighted by Crippen LogP contribution is 2.30. The second kappa shape index (κ2) is 8.03. The zero-order valence-corrected chi connectivity index (χ0v) is 16.8. The predicted molar refractivity (Wildman–Crippen MR) is 111 cm³/mol. The average Bonchev–Trinajstić information content (AvgIpc) is 2.88. The summed E-state index contributed by atoms with van der Waals surface area (Å²) in [5, 5.41) is 10.8. The number of hydrogen-bond donors (Lipinski definition) is 2. The van der Waals surface area contributed by atoms with Gasteiger partial charge in [-0.2, -0.15) is 5.10 Å². The molecule has 0 aliphatic rings. The number of urea groups is 1. The summed E-state index contributed by atoms with van der Waals surface area (Å²) in [6.45, 7) is 6.48. The highest BCUT2D eigenvalue weighted by molar-refractivity contribution is 6.44. The summed E-state index contributed by atoms with van der Waals surface area (Å²) in [7, 11) is 0. The predicted octanol–water partition coefficient (Wildman–Crippen LogP) is 5.81. The van der Waals surface area contributed by atoms with E-state index in [1.54, 1.807) is 18.2 Å². The first kappa shape index (κ1) is 19.3. The summed E-state index contributed by atoms with van der Waals surface area (Å²) in [6.07, 6.45) is 0. The highest BCUT2D eigenvalue weighted by Gasteiger charge is 2.15. The summed E-state index contributed by atoms with van der Waals surface area (Å²) < 4.78 is 1.88. The van der Waals surface area contributed by atoms with Crippen LogP contribution in [0, 0.1) is 20.8 Å². The molecule has 0 saturated heterocycles. The molecule has 3 rings (SSSR count). The molecule has 5 nitrogen and oxygen atoms in total. The second-order valence-corrected chi connectivity index (χ2v) is 7.15. The number of aryl methyl sites for hydroxylation is 2. The molecule has 2 N–H and O–H groups in total. The molecule has 1 aromatic heterocycles. The number of nitrogens with one attached hydrogen (secondary N) is 2. The summed E-state index contributed by atoms with van der Waals surface area (Å²) >= 11 is 12.1. The van der Waals surface area contributed by atoms with E-state index in [9.17, 15) is 4.79 Å². The molecule has 2 aromatic carbocycles. The standard InChI is InChI=1S/C20H20Cl2N4O/c1-12-7-9-15(10-8-12)11-26-14(3)19(13(2)25-26)24-20(27)23-17-6-4-5-16(21)18(17)22/h4-10H,11H2,1-3H3,(H2,23,24,27). The van der Waals surface area contributed by atoms with Crippen molar-refractivity contribution in [3.8, 4) is 0 Å². The first-order chi connectivity index (χ1) is 12.8. The number of anilines is 2. The van der Waals surface area contributed by atoms with Crippen LogP contribution in [0.1, 0.15) is 22.5 Å². The quantitative estimate of drug-likeness (QED) is 0.578. The Labute approximate surface area is 168 Å². The lowest BCUT2D eigenvalue weighted by atomic mass is 10.1. The van der Waals surface area contributed by atoms with Crippen LogP contribution in [0.3, 0.4) is 0 Å². The van der Waals surface area contributed by atoms with Crippen LogP contribution in [-0.2, 0) is 6.54 Å². The third-order valence-corrected chi connectivity index (χ3v) is 5.09. The number of halogens is 2. The topological polar surface area (TPSA) is 59.0 Å². The number of nitrogens with zero attached hydrogens (tertiary/aromatic N) is 2. The van der Waals surface area contributed by atoms with Gasteiger partial charge in [0.2, 0.25) is 0 Å². The summed E-state index contributed by atoms with van der Waals surface area (Å²) in [5.74, 6) is 0. The van der Waals surface area contributed by atoms with E-state index < -0.39 is 6.03 Å². The Bertz CT molecular complexity index is 980. The molecule has 0 saturated carbocycles. The van der Waals surface area contributed by atoms with Crippen LogP contribution < -0.4 is 10.6 Å². The van der Waals surface area contributed by atoms with Gasteiger partial charge in [0.1, 0.15) is 0 Å². The molecule has 3 aromatic rings. The van der Waals surface area contributed by atoms with Crippen molar-refractivity contribution in [2.24, 2.45) is 0 Å². The zero-order valence-electron chi connectivity index (χ0n) is 15.3. The first-order valence-corrected chi connectivity index (χ1v) is 9.22. The van der Waals surface area contributed by atoms with Crippen LogP contribution in [0.4, 0.5) is 16.2 Å². The number of rotatable bonds is 4. The minimum absolute atomic E-state index is 0.304. The number of hydrogen-bond acceptors (Lipinski definition) is 2. The Morgan fingerprint density at radius 1 is 1.04 bits per heavy atom. The number of amides is 2. The molecule has 0 fully saturated rings. The van der Waals surface area contributed by atoms with Gasteiger partial charge in [-0.25, -0.2) is 4.79 Å². The van der Waals surface area contributed by atoms with Gasteiger partial charge >= 0.3 is 6.03 Å². The number of aromatic nitrogens is 2. The molecular formula is C20H20Cl2N4O. The zero-order chi connectivity index (χ0) is 19.6. The largest absolute Gasteiger partial charge is 0.323 e. The fourth-order valence-electron chi connectivity index (χ4n) is 2.77. The maximum Gasteiger partial charge on any atom is 0.323 e. The SMILES string of the molecule is Cc1ccc(Cn2nc(C)c(NC(=O)Nc3cccc(Cl)c3Cl)c2C)cc1. The van der Waals surface area contributed by atoms with Crippen molar-refractivity contribution >= 4 is 40.6 Å². The normalized spacial score (nSPS) is 10.7. The number of carbonyl (C=O) groups is 1. The lowest BCUT2D eigenvalue weighted by Gasteiger charge is -2.10. The van der Waals surface area contributed by atoms with E-state index in [2.05, 4.69) is 46.9 Å².